The molecule has 0 amide bonds. The largest absolute Gasteiger partial charge is 0.477 e. The van der Waals surface area contributed by atoms with E-state index in [1.54, 1.807) is 0 Å². The number of rotatable bonds is 4. The number of hydrogen-bond acceptors (Lipinski definition) is 4. The molecule has 2 fully saturated rings. The maximum absolute atomic E-state index is 15.1. The SMILES string of the molecule is CCC1CCN(c2c(F)cn3c(=O)c(C(=O)O)cc(C4CC4)c3c2C)CC1N. The van der Waals surface area contributed by atoms with Gasteiger partial charge in [0.15, 0.2) is 5.82 Å². The number of anilines is 1. The molecule has 1 aliphatic carbocycles. The number of halogens is 1. The fourth-order valence-electron chi connectivity index (χ4n) is 4.63. The van der Waals surface area contributed by atoms with E-state index in [-0.39, 0.29) is 17.5 Å². The van der Waals surface area contributed by atoms with Crippen molar-refractivity contribution in [2.45, 2.75) is 51.5 Å². The molecule has 1 aliphatic heterocycles. The number of aromatic nitrogens is 1. The van der Waals surface area contributed by atoms with Crippen molar-refractivity contribution in [3.63, 3.8) is 0 Å². The Bertz CT molecular complexity index is 1010. The molecule has 0 aromatic carbocycles. The molecule has 2 unspecified atom stereocenters. The molecule has 3 heterocycles. The standard InChI is InChI=1S/C21H26FN3O3/c1-3-12-6-7-24(10-17(12)23)19-11(2)18-14(13-4-5-13)8-15(21(27)28)20(26)25(18)9-16(19)22/h8-9,12-13,17H,3-7,10,23H2,1-2H3,(H,27,28). The van der Waals surface area contributed by atoms with Gasteiger partial charge in [0.05, 0.1) is 17.4 Å². The highest BCUT2D eigenvalue weighted by Crippen LogP contribution is 2.44. The fourth-order valence-corrected chi connectivity index (χ4v) is 4.63. The van der Waals surface area contributed by atoms with Crippen LogP contribution < -0.4 is 16.2 Å². The summed E-state index contributed by atoms with van der Waals surface area (Å²) in [5.74, 6) is -1.14. The zero-order valence-corrected chi connectivity index (χ0v) is 16.2. The minimum Gasteiger partial charge on any atom is -0.477 e. The summed E-state index contributed by atoms with van der Waals surface area (Å²) in [5, 5.41) is 9.40. The van der Waals surface area contributed by atoms with Crippen molar-refractivity contribution < 1.29 is 14.3 Å². The number of piperidine rings is 1. The Labute approximate surface area is 162 Å². The van der Waals surface area contributed by atoms with Gasteiger partial charge in [0.1, 0.15) is 5.56 Å². The molecule has 3 N–H and O–H groups in total. The van der Waals surface area contributed by atoms with Gasteiger partial charge in [-0.25, -0.2) is 9.18 Å². The number of aryl methyl sites for hydroxylation is 1. The van der Waals surface area contributed by atoms with Crippen LogP contribution in [-0.2, 0) is 0 Å². The number of aromatic carboxylic acids is 1. The molecule has 1 saturated heterocycles. The lowest BCUT2D eigenvalue weighted by Crippen LogP contribution is -2.49. The lowest BCUT2D eigenvalue weighted by Gasteiger charge is -2.38. The molecular weight excluding hydrogens is 361 g/mol. The molecule has 2 aromatic rings. The highest BCUT2D eigenvalue weighted by molar-refractivity contribution is 5.89. The molecular formula is C21H26FN3O3. The Morgan fingerprint density at radius 3 is 2.64 bits per heavy atom. The lowest BCUT2D eigenvalue weighted by molar-refractivity contribution is 0.0694. The van der Waals surface area contributed by atoms with E-state index < -0.39 is 17.3 Å². The summed E-state index contributed by atoms with van der Waals surface area (Å²) in [7, 11) is 0. The predicted octanol–water partition coefficient (Wildman–Crippen LogP) is 2.89. The van der Waals surface area contributed by atoms with Gasteiger partial charge in [-0.2, -0.15) is 0 Å². The second-order valence-electron chi connectivity index (χ2n) is 8.13. The Morgan fingerprint density at radius 1 is 1.36 bits per heavy atom. The average molecular weight is 387 g/mol. The average Bonchev–Trinajstić information content (AvgIpc) is 3.47. The van der Waals surface area contributed by atoms with Crippen LogP contribution in [-0.4, -0.2) is 34.6 Å². The summed E-state index contributed by atoms with van der Waals surface area (Å²) >= 11 is 0. The van der Waals surface area contributed by atoms with E-state index in [1.165, 1.54) is 10.5 Å². The van der Waals surface area contributed by atoms with Crippen LogP contribution in [0.2, 0.25) is 0 Å². The van der Waals surface area contributed by atoms with Crippen molar-refractivity contribution in [1.29, 1.82) is 0 Å². The third-order valence-corrected chi connectivity index (χ3v) is 6.34. The molecule has 4 rings (SSSR count). The van der Waals surface area contributed by atoms with Crippen molar-refractivity contribution in [3.8, 4) is 0 Å². The van der Waals surface area contributed by atoms with E-state index in [9.17, 15) is 14.7 Å². The van der Waals surface area contributed by atoms with E-state index in [2.05, 4.69) is 6.92 Å². The monoisotopic (exact) mass is 387 g/mol. The van der Waals surface area contributed by atoms with Crippen LogP contribution in [0.5, 0.6) is 0 Å². The van der Waals surface area contributed by atoms with Crippen molar-refractivity contribution in [2.24, 2.45) is 11.7 Å². The van der Waals surface area contributed by atoms with E-state index in [0.29, 0.717) is 29.2 Å². The smallest absolute Gasteiger partial charge is 0.341 e. The van der Waals surface area contributed by atoms with Crippen molar-refractivity contribution >= 4 is 17.2 Å². The van der Waals surface area contributed by atoms with E-state index in [0.717, 1.165) is 44.0 Å². The van der Waals surface area contributed by atoms with Crippen LogP contribution in [0, 0.1) is 18.7 Å². The zero-order valence-electron chi connectivity index (χ0n) is 16.2. The maximum Gasteiger partial charge on any atom is 0.341 e. The number of carboxylic acid groups (broad SMARTS) is 1. The minimum absolute atomic E-state index is 0.0201. The quantitative estimate of drug-likeness (QED) is 0.842. The highest BCUT2D eigenvalue weighted by Gasteiger charge is 2.32. The summed E-state index contributed by atoms with van der Waals surface area (Å²) < 4.78 is 16.3. The highest BCUT2D eigenvalue weighted by atomic mass is 19.1. The zero-order chi connectivity index (χ0) is 20.2. The van der Waals surface area contributed by atoms with Crippen LogP contribution in [0.3, 0.4) is 0 Å². The molecule has 0 spiro atoms. The van der Waals surface area contributed by atoms with Gasteiger partial charge in [-0.3, -0.25) is 9.20 Å². The van der Waals surface area contributed by atoms with Crippen molar-refractivity contribution in [3.05, 3.63) is 45.1 Å². The molecule has 7 heteroatoms. The molecule has 2 aliphatic rings. The Morgan fingerprint density at radius 2 is 2.07 bits per heavy atom. The molecule has 28 heavy (non-hydrogen) atoms. The van der Waals surface area contributed by atoms with Gasteiger partial charge in [-0.05, 0) is 55.2 Å². The van der Waals surface area contributed by atoms with Gasteiger partial charge in [-0.1, -0.05) is 13.3 Å². The van der Waals surface area contributed by atoms with Gasteiger partial charge in [0.2, 0.25) is 0 Å². The van der Waals surface area contributed by atoms with Crippen LogP contribution in [0.4, 0.5) is 10.1 Å². The fraction of sp³-hybridized carbons (Fsp3) is 0.524. The number of fused-ring (bicyclic) bond motifs is 1. The van der Waals surface area contributed by atoms with Crippen molar-refractivity contribution in [2.75, 3.05) is 18.0 Å². The number of nitrogens with zero attached hydrogens (tertiary/aromatic N) is 2. The molecule has 6 nitrogen and oxygen atoms in total. The number of carbonyl (C=O) groups is 1. The first-order chi connectivity index (χ1) is 13.3. The lowest BCUT2D eigenvalue weighted by atomic mass is 9.89. The van der Waals surface area contributed by atoms with Crippen molar-refractivity contribution in [1.82, 2.24) is 4.40 Å². The van der Waals surface area contributed by atoms with Gasteiger partial charge in [0.25, 0.3) is 5.56 Å². The first-order valence-electron chi connectivity index (χ1n) is 9.95. The number of hydrogen-bond donors (Lipinski definition) is 2. The van der Waals surface area contributed by atoms with Gasteiger partial charge >= 0.3 is 5.97 Å². The predicted molar refractivity (Wildman–Crippen MR) is 106 cm³/mol. The number of pyridine rings is 2. The second kappa shape index (κ2) is 6.88. The third-order valence-electron chi connectivity index (χ3n) is 6.34. The Kier molecular flexibility index (Phi) is 4.65. The van der Waals surface area contributed by atoms with E-state index in [1.807, 2.05) is 11.8 Å². The van der Waals surface area contributed by atoms with E-state index in [4.69, 9.17) is 5.73 Å². The molecule has 0 bridgehead atoms. The van der Waals surface area contributed by atoms with Crippen LogP contribution in [0.25, 0.3) is 5.52 Å². The summed E-state index contributed by atoms with van der Waals surface area (Å²) in [5.41, 5.74) is 7.93. The first kappa shape index (κ1) is 18.9. The second-order valence-corrected chi connectivity index (χ2v) is 8.13. The maximum atomic E-state index is 15.1. The Balaban J connectivity index is 1.91. The molecule has 2 atom stereocenters. The Hall–Kier alpha value is -2.41. The van der Waals surface area contributed by atoms with Gasteiger partial charge in [0, 0.05) is 19.1 Å². The van der Waals surface area contributed by atoms with Gasteiger partial charge < -0.3 is 15.7 Å². The normalized spacial score (nSPS) is 22.6. The molecule has 2 aromatic heterocycles. The third kappa shape index (κ3) is 2.98. The summed E-state index contributed by atoms with van der Waals surface area (Å²) in [6, 6.07) is 1.47. The van der Waals surface area contributed by atoms with Crippen LogP contribution >= 0.6 is 0 Å². The molecule has 150 valence electrons. The molecule has 0 radical (unpaired) electrons. The number of carboxylic acids is 1. The summed E-state index contributed by atoms with van der Waals surface area (Å²) in [4.78, 5) is 26.2. The van der Waals surface area contributed by atoms with Crippen LogP contribution in [0.15, 0.2) is 17.1 Å². The first-order valence-corrected chi connectivity index (χ1v) is 9.95. The van der Waals surface area contributed by atoms with Gasteiger partial charge in [-0.15, -0.1) is 0 Å². The van der Waals surface area contributed by atoms with Crippen LogP contribution in [0.1, 0.15) is 60.0 Å². The summed E-state index contributed by atoms with van der Waals surface area (Å²) in [6.45, 7) is 5.23. The topological polar surface area (TPSA) is 88.0 Å². The number of nitrogens with two attached hydrogens (primary N) is 1. The minimum atomic E-state index is -1.28. The summed E-state index contributed by atoms with van der Waals surface area (Å²) in [6.07, 6.45) is 4.96. The van der Waals surface area contributed by atoms with E-state index >= 15 is 4.39 Å². The molecule has 1 saturated carbocycles.